The number of nitro groups is 1. The van der Waals surface area contributed by atoms with Gasteiger partial charge in [0.25, 0.3) is 5.69 Å². The van der Waals surface area contributed by atoms with Crippen LogP contribution >= 0.6 is 22.6 Å². The molecule has 3 nitrogen and oxygen atoms in total. The topological polar surface area (TPSA) is 43.1 Å². The van der Waals surface area contributed by atoms with Crippen LogP contribution in [-0.2, 0) is 0 Å². The molecule has 0 spiro atoms. The quantitative estimate of drug-likeness (QED) is 0.371. The summed E-state index contributed by atoms with van der Waals surface area (Å²) in [6, 6.07) is 6.91. The SMILES string of the molecule is CC(CI)c1ccccc1[N+](=O)[O-]. The van der Waals surface area contributed by atoms with Crippen LogP contribution in [0.25, 0.3) is 0 Å². The number of alkyl halides is 1. The zero-order valence-corrected chi connectivity index (χ0v) is 9.39. The molecule has 1 unspecified atom stereocenters. The second kappa shape index (κ2) is 4.55. The lowest BCUT2D eigenvalue weighted by atomic mass is 10.0. The average molecular weight is 291 g/mol. The smallest absolute Gasteiger partial charge is 0.258 e. The number of benzene rings is 1. The van der Waals surface area contributed by atoms with Gasteiger partial charge in [-0.1, -0.05) is 47.7 Å². The van der Waals surface area contributed by atoms with Gasteiger partial charge in [-0.05, 0) is 5.92 Å². The van der Waals surface area contributed by atoms with E-state index in [0.717, 1.165) is 9.99 Å². The van der Waals surface area contributed by atoms with Crippen molar-refractivity contribution in [1.29, 1.82) is 0 Å². The molecule has 0 saturated carbocycles. The summed E-state index contributed by atoms with van der Waals surface area (Å²) in [5, 5.41) is 10.6. The van der Waals surface area contributed by atoms with Gasteiger partial charge in [0.2, 0.25) is 0 Å². The van der Waals surface area contributed by atoms with E-state index in [0.29, 0.717) is 0 Å². The van der Waals surface area contributed by atoms with E-state index in [2.05, 4.69) is 22.6 Å². The van der Waals surface area contributed by atoms with E-state index >= 15 is 0 Å². The Bertz CT molecular complexity index is 314. The maximum atomic E-state index is 10.6. The summed E-state index contributed by atoms with van der Waals surface area (Å²) >= 11 is 2.23. The van der Waals surface area contributed by atoms with E-state index in [1.54, 1.807) is 12.1 Å². The molecule has 0 aliphatic rings. The standard InChI is InChI=1S/C9H10INO2/c1-7(6-10)8-4-2-3-5-9(8)11(12)13/h2-5,7H,6H2,1H3. The van der Waals surface area contributed by atoms with E-state index in [1.165, 1.54) is 0 Å². The van der Waals surface area contributed by atoms with E-state index in [1.807, 2.05) is 19.1 Å². The molecule has 13 heavy (non-hydrogen) atoms. The molecule has 0 aliphatic carbocycles. The predicted molar refractivity (Wildman–Crippen MR) is 60.4 cm³/mol. The molecule has 0 bridgehead atoms. The zero-order valence-electron chi connectivity index (χ0n) is 7.24. The van der Waals surface area contributed by atoms with Crippen molar-refractivity contribution in [2.75, 3.05) is 4.43 Å². The minimum Gasteiger partial charge on any atom is -0.258 e. The fourth-order valence-electron chi connectivity index (χ4n) is 1.15. The fraction of sp³-hybridized carbons (Fsp3) is 0.333. The van der Waals surface area contributed by atoms with Crippen molar-refractivity contribution in [2.45, 2.75) is 12.8 Å². The van der Waals surface area contributed by atoms with Gasteiger partial charge in [-0.15, -0.1) is 0 Å². The molecule has 0 heterocycles. The summed E-state index contributed by atoms with van der Waals surface area (Å²) < 4.78 is 0.891. The molecule has 0 aliphatic heterocycles. The molecular formula is C9H10INO2. The summed E-state index contributed by atoms with van der Waals surface area (Å²) in [5.74, 6) is 0.238. The van der Waals surface area contributed by atoms with Gasteiger partial charge < -0.3 is 0 Å². The van der Waals surface area contributed by atoms with Crippen LogP contribution < -0.4 is 0 Å². The van der Waals surface area contributed by atoms with Gasteiger partial charge in [0.1, 0.15) is 0 Å². The monoisotopic (exact) mass is 291 g/mol. The van der Waals surface area contributed by atoms with Crippen molar-refractivity contribution < 1.29 is 4.92 Å². The molecule has 0 aromatic heterocycles. The lowest BCUT2D eigenvalue weighted by Crippen LogP contribution is -2.00. The van der Waals surface area contributed by atoms with Crippen LogP contribution in [0.3, 0.4) is 0 Å². The maximum absolute atomic E-state index is 10.6. The summed E-state index contributed by atoms with van der Waals surface area (Å²) in [7, 11) is 0. The molecule has 1 aromatic carbocycles. The van der Waals surface area contributed by atoms with Crippen molar-refractivity contribution >= 4 is 28.3 Å². The molecule has 0 fully saturated rings. The first-order valence-corrected chi connectivity index (χ1v) is 5.48. The van der Waals surface area contributed by atoms with Gasteiger partial charge >= 0.3 is 0 Å². The van der Waals surface area contributed by atoms with Crippen molar-refractivity contribution in [3.8, 4) is 0 Å². The van der Waals surface area contributed by atoms with Crippen LogP contribution in [0, 0.1) is 10.1 Å². The highest BCUT2D eigenvalue weighted by atomic mass is 127. The Kier molecular flexibility index (Phi) is 3.65. The molecular weight excluding hydrogens is 281 g/mol. The Balaban J connectivity index is 3.11. The number of nitro benzene ring substituents is 1. The third-order valence-electron chi connectivity index (χ3n) is 1.90. The normalized spacial score (nSPS) is 12.5. The first-order chi connectivity index (χ1) is 6.16. The van der Waals surface area contributed by atoms with Gasteiger partial charge in [0, 0.05) is 16.1 Å². The van der Waals surface area contributed by atoms with Crippen LogP contribution in [0.2, 0.25) is 0 Å². The summed E-state index contributed by atoms with van der Waals surface area (Å²) in [4.78, 5) is 10.3. The molecule has 70 valence electrons. The van der Waals surface area contributed by atoms with Crippen LogP contribution in [0.1, 0.15) is 18.4 Å². The number of halogens is 1. The van der Waals surface area contributed by atoms with Gasteiger partial charge in [0.15, 0.2) is 0 Å². The van der Waals surface area contributed by atoms with Crippen LogP contribution in [0.15, 0.2) is 24.3 Å². The molecule has 0 radical (unpaired) electrons. The third-order valence-corrected chi connectivity index (χ3v) is 3.22. The second-order valence-corrected chi connectivity index (χ2v) is 3.75. The summed E-state index contributed by atoms with van der Waals surface area (Å²) in [6.07, 6.45) is 0. The van der Waals surface area contributed by atoms with Gasteiger partial charge in [-0.25, -0.2) is 0 Å². The number of hydrogen-bond donors (Lipinski definition) is 0. The second-order valence-electron chi connectivity index (χ2n) is 2.87. The minimum atomic E-state index is -0.321. The van der Waals surface area contributed by atoms with Crippen LogP contribution in [-0.4, -0.2) is 9.35 Å². The lowest BCUT2D eigenvalue weighted by molar-refractivity contribution is -0.385. The van der Waals surface area contributed by atoms with Crippen molar-refractivity contribution in [3.05, 3.63) is 39.9 Å². The predicted octanol–water partition coefficient (Wildman–Crippen LogP) is 3.13. The Hall–Kier alpha value is -0.650. The molecule has 0 amide bonds. The van der Waals surface area contributed by atoms with E-state index in [9.17, 15) is 10.1 Å². The van der Waals surface area contributed by atoms with Crippen molar-refractivity contribution in [1.82, 2.24) is 0 Å². The third kappa shape index (κ3) is 2.40. The highest BCUT2D eigenvalue weighted by Crippen LogP contribution is 2.26. The molecule has 1 atom stereocenters. The summed E-state index contributed by atoms with van der Waals surface area (Å²) in [6.45, 7) is 1.99. The highest BCUT2D eigenvalue weighted by Gasteiger charge is 2.16. The van der Waals surface area contributed by atoms with E-state index in [-0.39, 0.29) is 16.5 Å². The van der Waals surface area contributed by atoms with Gasteiger partial charge in [0.05, 0.1) is 4.92 Å². The largest absolute Gasteiger partial charge is 0.272 e. The maximum Gasteiger partial charge on any atom is 0.272 e. The van der Waals surface area contributed by atoms with Crippen molar-refractivity contribution in [2.24, 2.45) is 0 Å². The number of para-hydroxylation sites is 1. The Morgan fingerprint density at radius 1 is 1.54 bits per heavy atom. The van der Waals surface area contributed by atoms with E-state index in [4.69, 9.17) is 0 Å². The summed E-state index contributed by atoms with van der Waals surface area (Å²) in [5.41, 5.74) is 1.05. The van der Waals surface area contributed by atoms with E-state index < -0.39 is 0 Å². The molecule has 1 rings (SSSR count). The minimum absolute atomic E-state index is 0.228. The number of rotatable bonds is 3. The van der Waals surface area contributed by atoms with Gasteiger partial charge in [-0.2, -0.15) is 0 Å². The Morgan fingerprint density at radius 3 is 2.69 bits per heavy atom. The van der Waals surface area contributed by atoms with Crippen LogP contribution in [0.5, 0.6) is 0 Å². The fourth-order valence-corrected chi connectivity index (χ4v) is 1.63. The average Bonchev–Trinajstić information content (AvgIpc) is 2.16. The molecule has 0 N–H and O–H groups in total. The first-order valence-electron chi connectivity index (χ1n) is 3.96. The zero-order chi connectivity index (χ0) is 9.84. The lowest BCUT2D eigenvalue weighted by Gasteiger charge is -2.07. The number of hydrogen-bond acceptors (Lipinski definition) is 2. The Morgan fingerprint density at radius 2 is 2.15 bits per heavy atom. The molecule has 0 saturated heterocycles. The molecule has 1 aromatic rings. The highest BCUT2D eigenvalue weighted by molar-refractivity contribution is 14.1. The van der Waals surface area contributed by atoms with Crippen LogP contribution in [0.4, 0.5) is 5.69 Å². The first kappa shape index (κ1) is 10.4. The van der Waals surface area contributed by atoms with Gasteiger partial charge in [-0.3, -0.25) is 10.1 Å². The molecule has 4 heteroatoms. The Labute approximate surface area is 90.4 Å². The van der Waals surface area contributed by atoms with Crippen molar-refractivity contribution in [3.63, 3.8) is 0 Å². The number of nitrogens with zero attached hydrogens (tertiary/aromatic N) is 1.